The molecule has 3 heteroatoms. The van der Waals surface area contributed by atoms with Crippen molar-refractivity contribution in [1.29, 1.82) is 0 Å². The van der Waals surface area contributed by atoms with Crippen molar-refractivity contribution in [3.05, 3.63) is 28.0 Å². The quantitative estimate of drug-likeness (QED) is 0.632. The van der Waals surface area contributed by atoms with Gasteiger partial charge in [-0.2, -0.15) is 0 Å². The molecule has 0 fully saturated rings. The van der Waals surface area contributed by atoms with Gasteiger partial charge in [0.25, 0.3) is 5.56 Å². The van der Waals surface area contributed by atoms with Gasteiger partial charge in [0.2, 0.25) is 0 Å². The SMILES string of the molecule is Cc1cc2n(c(=O)c1)CC(C)(C)S2. The van der Waals surface area contributed by atoms with Gasteiger partial charge in [0.1, 0.15) is 0 Å². The largest absolute Gasteiger partial charge is 0.302 e. The first-order valence-corrected chi connectivity index (χ1v) is 5.20. The summed E-state index contributed by atoms with van der Waals surface area (Å²) in [6.45, 7) is 7.12. The fraction of sp³-hybridized carbons (Fsp3) is 0.500. The van der Waals surface area contributed by atoms with Crippen molar-refractivity contribution in [3.63, 3.8) is 0 Å². The first kappa shape index (κ1) is 8.88. The van der Waals surface area contributed by atoms with Gasteiger partial charge in [0.15, 0.2) is 0 Å². The molecule has 0 aromatic carbocycles. The van der Waals surface area contributed by atoms with Crippen LogP contribution in [0, 0.1) is 6.92 Å². The number of rotatable bonds is 0. The molecule has 1 aliphatic heterocycles. The van der Waals surface area contributed by atoms with E-state index in [1.165, 1.54) is 0 Å². The number of thioether (sulfide) groups is 1. The minimum absolute atomic E-state index is 0.132. The van der Waals surface area contributed by atoms with Crippen molar-refractivity contribution in [2.24, 2.45) is 0 Å². The number of hydrogen-bond donors (Lipinski definition) is 0. The molecule has 1 aliphatic rings. The average Bonchev–Trinajstić information content (AvgIpc) is 2.23. The number of aryl methyl sites for hydroxylation is 1. The van der Waals surface area contributed by atoms with Crippen LogP contribution in [0.3, 0.4) is 0 Å². The van der Waals surface area contributed by atoms with Crippen LogP contribution in [0.1, 0.15) is 19.4 Å². The molecule has 0 unspecified atom stereocenters. The van der Waals surface area contributed by atoms with Crippen LogP contribution in [-0.4, -0.2) is 9.31 Å². The Labute approximate surface area is 82.0 Å². The Hall–Kier alpha value is -0.700. The molecule has 2 heterocycles. The lowest BCUT2D eigenvalue weighted by molar-refractivity contribution is 0.554. The Morgan fingerprint density at radius 2 is 2.15 bits per heavy atom. The summed E-state index contributed by atoms with van der Waals surface area (Å²) in [7, 11) is 0. The highest BCUT2D eigenvalue weighted by Gasteiger charge is 2.29. The standard InChI is InChI=1S/C10H13NOS/c1-7-4-8(12)11-6-10(2,3)13-9(11)5-7/h4-5H,6H2,1-3H3. The maximum atomic E-state index is 11.6. The van der Waals surface area contributed by atoms with Gasteiger partial charge in [-0.25, -0.2) is 0 Å². The molecule has 2 rings (SSSR count). The Kier molecular flexibility index (Phi) is 1.80. The molecule has 0 spiro atoms. The lowest BCUT2D eigenvalue weighted by Crippen LogP contribution is -2.23. The zero-order valence-corrected chi connectivity index (χ0v) is 8.94. The summed E-state index contributed by atoms with van der Waals surface area (Å²) in [6.07, 6.45) is 0. The Morgan fingerprint density at radius 3 is 2.85 bits per heavy atom. The van der Waals surface area contributed by atoms with Crippen LogP contribution in [0.25, 0.3) is 0 Å². The molecule has 13 heavy (non-hydrogen) atoms. The van der Waals surface area contributed by atoms with E-state index >= 15 is 0 Å². The zero-order chi connectivity index (χ0) is 9.64. The minimum atomic E-state index is 0.132. The van der Waals surface area contributed by atoms with Crippen LogP contribution < -0.4 is 5.56 Å². The number of pyridine rings is 1. The maximum absolute atomic E-state index is 11.6. The van der Waals surface area contributed by atoms with Gasteiger partial charge in [-0.15, -0.1) is 11.8 Å². The molecular weight excluding hydrogens is 182 g/mol. The summed E-state index contributed by atoms with van der Waals surface area (Å²) in [4.78, 5) is 11.6. The van der Waals surface area contributed by atoms with Crippen molar-refractivity contribution >= 4 is 11.8 Å². The highest BCUT2D eigenvalue weighted by molar-refractivity contribution is 8.00. The second kappa shape index (κ2) is 2.64. The second-order valence-corrected chi connectivity index (χ2v) is 5.88. The molecule has 0 saturated heterocycles. The molecule has 0 radical (unpaired) electrons. The fourth-order valence-electron chi connectivity index (χ4n) is 1.63. The molecule has 0 atom stereocenters. The van der Waals surface area contributed by atoms with Gasteiger partial charge in [0.05, 0.1) is 5.03 Å². The van der Waals surface area contributed by atoms with E-state index in [4.69, 9.17) is 0 Å². The van der Waals surface area contributed by atoms with E-state index < -0.39 is 0 Å². The number of fused-ring (bicyclic) bond motifs is 1. The van der Waals surface area contributed by atoms with Gasteiger partial charge in [-0.1, -0.05) is 0 Å². The Bertz CT molecular complexity index is 406. The molecule has 0 saturated carbocycles. The van der Waals surface area contributed by atoms with E-state index in [1.54, 1.807) is 17.8 Å². The van der Waals surface area contributed by atoms with Crippen molar-refractivity contribution in [2.45, 2.75) is 37.1 Å². The maximum Gasteiger partial charge on any atom is 0.251 e. The predicted molar refractivity (Wildman–Crippen MR) is 55.4 cm³/mol. The van der Waals surface area contributed by atoms with Crippen LogP contribution in [0.2, 0.25) is 0 Å². The van der Waals surface area contributed by atoms with Gasteiger partial charge in [-0.05, 0) is 32.4 Å². The van der Waals surface area contributed by atoms with Crippen LogP contribution in [0.15, 0.2) is 22.0 Å². The van der Waals surface area contributed by atoms with Crippen LogP contribution in [0.4, 0.5) is 0 Å². The smallest absolute Gasteiger partial charge is 0.251 e. The molecular formula is C10H13NOS. The zero-order valence-electron chi connectivity index (χ0n) is 8.13. The van der Waals surface area contributed by atoms with Crippen molar-refractivity contribution < 1.29 is 0 Å². The Balaban J connectivity index is 2.58. The first-order valence-electron chi connectivity index (χ1n) is 4.38. The van der Waals surface area contributed by atoms with Crippen LogP contribution in [-0.2, 0) is 6.54 Å². The minimum Gasteiger partial charge on any atom is -0.302 e. The highest BCUT2D eigenvalue weighted by atomic mass is 32.2. The van der Waals surface area contributed by atoms with E-state index in [2.05, 4.69) is 19.9 Å². The number of aromatic nitrogens is 1. The van der Waals surface area contributed by atoms with Gasteiger partial charge < -0.3 is 4.57 Å². The highest BCUT2D eigenvalue weighted by Crippen LogP contribution is 2.39. The van der Waals surface area contributed by atoms with Gasteiger partial charge >= 0.3 is 0 Å². The molecule has 1 aromatic heterocycles. The lowest BCUT2D eigenvalue weighted by Gasteiger charge is -2.12. The normalized spacial score (nSPS) is 18.7. The molecule has 0 aliphatic carbocycles. The molecule has 70 valence electrons. The summed E-state index contributed by atoms with van der Waals surface area (Å²) in [6, 6.07) is 3.78. The van der Waals surface area contributed by atoms with Crippen molar-refractivity contribution in [1.82, 2.24) is 4.57 Å². The third kappa shape index (κ3) is 1.53. The summed E-state index contributed by atoms with van der Waals surface area (Å²) >= 11 is 1.78. The predicted octanol–water partition coefficient (Wildman–Crippen LogP) is 2.04. The third-order valence-electron chi connectivity index (χ3n) is 2.15. The van der Waals surface area contributed by atoms with E-state index in [0.717, 1.165) is 17.1 Å². The lowest BCUT2D eigenvalue weighted by atomic mass is 10.2. The van der Waals surface area contributed by atoms with E-state index in [1.807, 2.05) is 11.5 Å². The average molecular weight is 195 g/mol. The van der Waals surface area contributed by atoms with E-state index in [0.29, 0.717) is 0 Å². The molecule has 2 nitrogen and oxygen atoms in total. The van der Waals surface area contributed by atoms with Gasteiger partial charge in [0, 0.05) is 17.4 Å². The Morgan fingerprint density at radius 1 is 1.46 bits per heavy atom. The van der Waals surface area contributed by atoms with Crippen molar-refractivity contribution in [2.75, 3.05) is 0 Å². The summed E-state index contributed by atoms with van der Waals surface area (Å²) in [5.74, 6) is 0. The van der Waals surface area contributed by atoms with Crippen LogP contribution >= 0.6 is 11.8 Å². The number of nitrogens with zero attached hydrogens (tertiary/aromatic N) is 1. The topological polar surface area (TPSA) is 22.0 Å². The van der Waals surface area contributed by atoms with E-state index in [9.17, 15) is 4.79 Å². The van der Waals surface area contributed by atoms with Gasteiger partial charge in [-0.3, -0.25) is 4.79 Å². The fourth-order valence-corrected chi connectivity index (χ4v) is 2.90. The molecule has 0 N–H and O–H groups in total. The van der Waals surface area contributed by atoms with E-state index in [-0.39, 0.29) is 10.3 Å². The van der Waals surface area contributed by atoms with Crippen LogP contribution in [0.5, 0.6) is 0 Å². The molecule has 0 bridgehead atoms. The van der Waals surface area contributed by atoms with Crippen molar-refractivity contribution in [3.8, 4) is 0 Å². The summed E-state index contributed by atoms with van der Waals surface area (Å²) < 4.78 is 2.03. The first-order chi connectivity index (χ1) is 5.98. The molecule has 0 amide bonds. The number of hydrogen-bond acceptors (Lipinski definition) is 2. The summed E-state index contributed by atoms with van der Waals surface area (Å²) in [5, 5.41) is 1.11. The summed E-state index contributed by atoms with van der Waals surface area (Å²) in [5.41, 5.74) is 1.19. The third-order valence-corrected chi connectivity index (χ3v) is 3.38. The second-order valence-electron chi connectivity index (χ2n) is 4.16. The monoisotopic (exact) mass is 195 g/mol. The molecule has 1 aromatic rings.